The molecule has 1 aromatic heterocycles. The van der Waals surface area contributed by atoms with Gasteiger partial charge in [-0.15, -0.1) is 0 Å². The van der Waals surface area contributed by atoms with Gasteiger partial charge in [0.1, 0.15) is 23.2 Å². The smallest absolute Gasteiger partial charge is 0.142 e. The van der Waals surface area contributed by atoms with Gasteiger partial charge in [-0.05, 0) is 31.2 Å². The number of benzene rings is 2. The van der Waals surface area contributed by atoms with E-state index in [1.807, 2.05) is 31.2 Å². The molecule has 142 valence electrons. The van der Waals surface area contributed by atoms with E-state index < -0.39 is 0 Å². The number of nitrogens with one attached hydrogen (secondary N) is 2. The summed E-state index contributed by atoms with van der Waals surface area (Å²) in [5.74, 6) is 0.703. The van der Waals surface area contributed by atoms with E-state index in [4.69, 9.17) is 0 Å². The number of rotatable bonds is 4. The Morgan fingerprint density at radius 2 is 1.82 bits per heavy atom. The maximum absolute atomic E-state index is 13.0. The van der Waals surface area contributed by atoms with Crippen LogP contribution in [0, 0.1) is 12.7 Å². The first-order valence-electron chi connectivity index (χ1n) is 8.68. The molecule has 0 fully saturated rings. The SMILES string of the molecule is C=c1c(O)c/c(=C/Nc2ccc(F)cc2)nc1NC(=NC)c1ccc(C)cc1. The van der Waals surface area contributed by atoms with Gasteiger partial charge in [0.15, 0.2) is 0 Å². The Hall–Kier alpha value is -3.67. The van der Waals surface area contributed by atoms with Gasteiger partial charge >= 0.3 is 0 Å². The summed E-state index contributed by atoms with van der Waals surface area (Å²) in [5, 5.41) is 17.2. The molecular weight excluding hydrogens is 355 g/mol. The monoisotopic (exact) mass is 376 g/mol. The molecule has 3 N–H and O–H groups in total. The number of pyridine rings is 1. The molecule has 6 heteroatoms. The Morgan fingerprint density at radius 3 is 2.46 bits per heavy atom. The van der Waals surface area contributed by atoms with Crippen LogP contribution in [-0.4, -0.2) is 23.0 Å². The van der Waals surface area contributed by atoms with Crippen LogP contribution in [0.2, 0.25) is 0 Å². The third-order valence-corrected chi connectivity index (χ3v) is 4.14. The first-order chi connectivity index (χ1) is 13.5. The minimum absolute atomic E-state index is 0.00372. The van der Waals surface area contributed by atoms with Gasteiger partial charge in [0.25, 0.3) is 0 Å². The number of aromatic hydroxyl groups is 1. The molecule has 28 heavy (non-hydrogen) atoms. The summed E-state index contributed by atoms with van der Waals surface area (Å²) >= 11 is 0. The Balaban J connectivity index is 1.90. The summed E-state index contributed by atoms with van der Waals surface area (Å²) in [7, 11) is 1.68. The minimum atomic E-state index is -0.309. The van der Waals surface area contributed by atoms with Crippen molar-refractivity contribution in [3.05, 3.63) is 82.1 Å². The average Bonchev–Trinajstić information content (AvgIpc) is 2.69. The van der Waals surface area contributed by atoms with Gasteiger partial charge in [-0.2, -0.15) is 0 Å². The summed E-state index contributed by atoms with van der Waals surface area (Å²) in [6.07, 6.45) is 1.62. The van der Waals surface area contributed by atoms with Gasteiger partial charge in [0.2, 0.25) is 0 Å². The van der Waals surface area contributed by atoms with Gasteiger partial charge in [-0.1, -0.05) is 36.4 Å². The Labute approximate surface area is 162 Å². The molecule has 0 aliphatic carbocycles. The molecule has 2 aromatic carbocycles. The summed E-state index contributed by atoms with van der Waals surface area (Å²) < 4.78 is 13.0. The Morgan fingerprint density at radius 1 is 1.14 bits per heavy atom. The van der Waals surface area contributed by atoms with E-state index >= 15 is 0 Å². The number of anilines is 2. The number of aryl methyl sites for hydroxylation is 1. The molecule has 0 radical (unpaired) electrons. The standard InChI is InChI=1S/C22H21FN4O/c1-14-4-6-16(7-5-14)22(24-3)27-21-15(2)20(28)12-19(26-21)13-25-18-10-8-17(23)9-11-18/h4-13,25,28H,2H2,1,3H3,(H,24,26,27)/b19-13-. The van der Waals surface area contributed by atoms with Crippen molar-refractivity contribution in [3.63, 3.8) is 0 Å². The van der Waals surface area contributed by atoms with Crippen molar-refractivity contribution in [2.45, 2.75) is 6.92 Å². The van der Waals surface area contributed by atoms with Crippen LogP contribution in [0.15, 0.2) is 59.6 Å². The van der Waals surface area contributed by atoms with Gasteiger partial charge in [-0.3, -0.25) is 4.99 Å². The molecule has 0 atom stereocenters. The molecule has 0 spiro atoms. The summed E-state index contributed by atoms with van der Waals surface area (Å²) in [4.78, 5) is 8.77. The van der Waals surface area contributed by atoms with Gasteiger partial charge in [0, 0.05) is 30.6 Å². The number of nitrogens with zero attached hydrogens (tertiary/aromatic N) is 2. The minimum Gasteiger partial charge on any atom is -0.507 e. The van der Waals surface area contributed by atoms with E-state index in [1.165, 1.54) is 18.2 Å². The molecule has 0 bridgehead atoms. The normalized spacial score (nSPS) is 12.1. The third kappa shape index (κ3) is 4.54. The molecule has 0 unspecified atom stereocenters. The highest BCUT2D eigenvalue weighted by Crippen LogP contribution is 2.09. The van der Waals surface area contributed by atoms with E-state index in [-0.39, 0.29) is 11.6 Å². The average molecular weight is 376 g/mol. The van der Waals surface area contributed by atoms with Crippen molar-refractivity contribution in [2.24, 2.45) is 4.99 Å². The first-order valence-corrected chi connectivity index (χ1v) is 8.68. The topological polar surface area (TPSA) is 69.5 Å². The molecule has 0 aliphatic heterocycles. The van der Waals surface area contributed by atoms with Crippen LogP contribution in [0.4, 0.5) is 15.9 Å². The van der Waals surface area contributed by atoms with Crippen LogP contribution < -0.4 is 21.2 Å². The Kier molecular flexibility index (Phi) is 5.69. The number of hydrogen-bond donors (Lipinski definition) is 3. The van der Waals surface area contributed by atoms with Crippen LogP contribution in [-0.2, 0) is 0 Å². The lowest BCUT2D eigenvalue weighted by molar-refractivity contribution is 0.470. The molecule has 1 heterocycles. The molecule has 0 aliphatic rings. The lowest BCUT2D eigenvalue weighted by Crippen LogP contribution is -2.25. The molecular formula is C22H21FN4O. The zero-order valence-corrected chi connectivity index (χ0v) is 15.7. The lowest BCUT2D eigenvalue weighted by Gasteiger charge is -2.11. The van der Waals surface area contributed by atoms with Crippen molar-refractivity contribution in [2.75, 3.05) is 17.7 Å². The zero-order valence-electron chi connectivity index (χ0n) is 15.7. The quantitative estimate of drug-likeness (QED) is 0.484. The molecule has 0 amide bonds. The van der Waals surface area contributed by atoms with E-state index in [2.05, 4.69) is 27.2 Å². The fourth-order valence-corrected chi connectivity index (χ4v) is 2.54. The number of amidine groups is 1. The summed E-state index contributed by atoms with van der Waals surface area (Å²) in [6.45, 7) is 5.89. The van der Waals surface area contributed by atoms with E-state index in [9.17, 15) is 9.50 Å². The highest BCUT2D eigenvalue weighted by molar-refractivity contribution is 6.07. The molecule has 0 saturated heterocycles. The van der Waals surface area contributed by atoms with Crippen LogP contribution in [0.3, 0.4) is 0 Å². The van der Waals surface area contributed by atoms with Crippen molar-refractivity contribution in [1.29, 1.82) is 0 Å². The predicted octanol–water partition coefficient (Wildman–Crippen LogP) is 2.98. The van der Waals surface area contributed by atoms with Crippen molar-refractivity contribution in [1.82, 2.24) is 4.98 Å². The maximum atomic E-state index is 13.0. The number of aliphatic imine (C=N–C) groups is 1. The highest BCUT2D eigenvalue weighted by Gasteiger charge is 2.07. The third-order valence-electron chi connectivity index (χ3n) is 4.14. The van der Waals surface area contributed by atoms with Crippen LogP contribution in [0.1, 0.15) is 11.1 Å². The van der Waals surface area contributed by atoms with E-state index in [1.54, 1.807) is 25.4 Å². The number of halogens is 1. The van der Waals surface area contributed by atoms with Crippen LogP contribution in [0.5, 0.6) is 5.75 Å². The fourth-order valence-electron chi connectivity index (χ4n) is 2.54. The van der Waals surface area contributed by atoms with Gasteiger partial charge in [-0.25, -0.2) is 9.37 Å². The van der Waals surface area contributed by atoms with Gasteiger partial charge in [0.05, 0.1) is 10.6 Å². The van der Waals surface area contributed by atoms with Crippen molar-refractivity contribution in [3.8, 4) is 5.75 Å². The number of hydrogen-bond acceptors (Lipinski definition) is 4. The predicted molar refractivity (Wildman–Crippen MR) is 112 cm³/mol. The second-order valence-corrected chi connectivity index (χ2v) is 6.25. The maximum Gasteiger partial charge on any atom is 0.142 e. The first kappa shape index (κ1) is 19.1. The lowest BCUT2D eigenvalue weighted by atomic mass is 10.1. The van der Waals surface area contributed by atoms with Crippen molar-refractivity contribution >= 4 is 30.1 Å². The summed E-state index contributed by atoms with van der Waals surface area (Å²) in [6, 6.07) is 15.3. The summed E-state index contributed by atoms with van der Waals surface area (Å²) in [5.41, 5.74) is 2.75. The van der Waals surface area contributed by atoms with Gasteiger partial charge < -0.3 is 15.7 Å². The van der Waals surface area contributed by atoms with Crippen molar-refractivity contribution < 1.29 is 9.50 Å². The molecule has 3 rings (SSSR count). The zero-order chi connectivity index (χ0) is 20.1. The number of aromatic nitrogens is 1. The fraction of sp³-hybridized carbons (Fsp3) is 0.0909. The molecule has 0 saturated carbocycles. The van der Waals surface area contributed by atoms with E-state index in [0.717, 1.165) is 11.1 Å². The largest absolute Gasteiger partial charge is 0.507 e. The molecule has 3 aromatic rings. The van der Waals surface area contributed by atoms with Crippen LogP contribution >= 0.6 is 0 Å². The molecule has 5 nitrogen and oxygen atoms in total. The Bertz CT molecular complexity index is 1110. The van der Waals surface area contributed by atoms with Crippen LogP contribution in [0.25, 0.3) is 12.8 Å². The second kappa shape index (κ2) is 8.35. The second-order valence-electron chi connectivity index (χ2n) is 6.25. The highest BCUT2D eigenvalue weighted by atomic mass is 19.1. The van der Waals surface area contributed by atoms with E-state index in [0.29, 0.717) is 27.9 Å².